The largest absolute Gasteiger partial charge is 0.507 e. The molecule has 0 amide bonds. The molecule has 10 heteroatoms. The summed E-state index contributed by atoms with van der Waals surface area (Å²) < 4.78 is 21.0. The van der Waals surface area contributed by atoms with Crippen LogP contribution < -0.4 is 0 Å². The summed E-state index contributed by atoms with van der Waals surface area (Å²) in [4.78, 5) is 47.5. The highest BCUT2D eigenvalue weighted by atomic mass is 16.5. The number of hydrogen-bond donors (Lipinski definition) is 2. The lowest BCUT2D eigenvalue weighted by Crippen LogP contribution is -2.31. The Hall–Kier alpha value is -5.12. The van der Waals surface area contributed by atoms with E-state index >= 15 is 0 Å². The Morgan fingerprint density at radius 1 is 0.568 bits per heavy atom. The number of rotatable bonds is 14. The number of phenolic OH excluding ortho intramolecular Hbond substituents is 2. The minimum Gasteiger partial charge on any atom is -0.507 e. The summed E-state index contributed by atoms with van der Waals surface area (Å²) in [5.41, 5.74) is 1.90. The molecular weight excluding hydrogens is 568 g/mol. The van der Waals surface area contributed by atoms with E-state index in [2.05, 4.69) is 26.3 Å². The number of carbonyl (C=O) groups is 4. The molecule has 0 aromatic heterocycles. The lowest BCUT2D eigenvalue weighted by Gasteiger charge is -2.40. The summed E-state index contributed by atoms with van der Waals surface area (Å²) >= 11 is 0. The lowest BCUT2D eigenvalue weighted by molar-refractivity contribution is -0.140. The van der Waals surface area contributed by atoms with Gasteiger partial charge in [-0.15, -0.1) is 0 Å². The SMILES string of the molecule is C=CC(=O)OCc1cc(C2(c3cc(COC(=O)C=C)c(O)c(COC(=O)C=C)c3)CCCCC2)cc(COC(=O)C=C)c1O. The van der Waals surface area contributed by atoms with Crippen LogP contribution in [0.1, 0.15) is 65.5 Å². The van der Waals surface area contributed by atoms with Crippen LogP contribution in [-0.4, -0.2) is 34.1 Å². The van der Waals surface area contributed by atoms with Gasteiger partial charge >= 0.3 is 23.9 Å². The second kappa shape index (κ2) is 15.4. The van der Waals surface area contributed by atoms with Crippen molar-refractivity contribution in [3.8, 4) is 11.5 Å². The van der Waals surface area contributed by atoms with E-state index in [0.29, 0.717) is 12.8 Å². The average Bonchev–Trinajstić information content (AvgIpc) is 3.05. The van der Waals surface area contributed by atoms with Crippen LogP contribution in [0, 0.1) is 0 Å². The topological polar surface area (TPSA) is 146 Å². The van der Waals surface area contributed by atoms with Gasteiger partial charge < -0.3 is 29.2 Å². The summed E-state index contributed by atoms with van der Waals surface area (Å²) in [7, 11) is 0. The molecule has 44 heavy (non-hydrogen) atoms. The molecule has 2 aromatic carbocycles. The van der Waals surface area contributed by atoms with Gasteiger partial charge in [-0.25, -0.2) is 19.2 Å². The van der Waals surface area contributed by atoms with Gasteiger partial charge in [0, 0.05) is 52.0 Å². The third kappa shape index (κ3) is 8.03. The number of aromatic hydroxyl groups is 2. The van der Waals surface area contributed by atoms with Gasteiger partial charge in [0.1, 0.15) is 37.9 Å². The maximum atomic E-state index is 11.9. The molecule has 1 aliphatic carbocycles. The zero-order valence-corrected chi connectivity index (χ0v) is 24.5. The first kappa shape index (κ1) is 33.4. The average molecular weight is 605 g/mol. The fourth-order valence-corrected chi connectivity index (χ4v) is 5.24. The Morgan fingerprint density at radius 3 is 1.09 bits per heavy atom. The summed E-state index contributed by atoms with van der Waals surface area (Å²) in [5.74, 6) is -3.13. The van der Waals surface area contributed by atoms with Crippen LogP contribution in [0.5, 0.6) is 11.5 Å². The summed E-state index contributed by atoms with van der Waals surface area (Å²) in [6.45, 7) is 12.5. The number of ether oxygens (including phenoxy) is 4. The van der Waals surface area contributed by atoms with Crippen LogP contribution in [-0.2, 0) is 70.0 Å². The highest BCUT2D eigenvalue weighted by Gasteiger charge is 2.38. The highest BCUT2D eigenvalue weighted by molar-refractivity contribution is 5.82. The fourth-order valence-electron chi connectivity index (χ4n) is 5.24. The van der Waals surface area contributed by atoms with Crippen LogP contribution in [0.15, 0.2) is 74.9 Å². The first-order valence-corrected chi connectivity index (χ1v) is 14.0. The van der Waals surface area contributed by atoms with E-state index in [1.165, 1.54) is 0 Å². The number of phenols is 2. The molecule has 0 heterocycles. The monoisotopic (exact) mass is 604 g/mol. The predicted molar refractivity (Wildman–Crippen MR) is 160 cm³/mol. The molecule has 3 rings (SSSR count). The van der Waals surface area contributed by atoms with Gasteiger partial charge in [0.05, 0.1) is 0 Å². The van der Waals surface area contributed by atoms with E-state index in [0.717, 1.165) is 54.7 Å². The molecule has 0 radical (unpaired) electrons. The molecule has 0 aliphatic heterocycles. The van der Waals surface area contributed by atoms with E-state index in [1.54, 1.807) is 24.3 Å². The van der Waals surface area contributed by atoms with Gasteiger partial charge in [0.25, 0.3) is 0 Å². The van der Waals surface area contributed by atoms with Gasteiger partial charge in [-0.05, 0) is 48.2 Å². The van der Waals surface area contributed by atoms with E-state index < -0.39 is 29.3 Å². The standard InChI is InChI=1S/C34H36O10/c1-5-28(35)41-18-22-14-26(15-23(32(22)39)19-42-29(36)6-2)34(12-10-9-11-13-34)27-16-24(20-43-30(37)7-3)33(40)25(17-27)21-44-31(38)8-4/h5-8,14-17,39-40H,1-4,9-13,18-21H2. The van der Waals surface area contributed by atoms with Crippen molar-refractivity contribution in [1.29, 1.82) is 0 Å². The summed E-state index contributed by atoms with van der Waals surface area (Å²) in [6, 6.07) is 6.93. The van der Waals surface area contributed by atoms with Crippen LogP contribution in [0.3, 0.4) is 0 Å². The van der Waals surface area contributed by atoms with Gasteiger partial charge in [-0.3, -0.25) is 0 Å². The fraction of sp³-hybridized carbons (Fsp3) is 0.294. The van der Waals surface area contributed by atoms with Crippen molar-refractivity contribution in [1.82, 2.24) is 0 Å². The highest BCUT2D eigenvalue weighted by Crippen LogP contribution is 2.48. The molecule has 232 valence electrons. The normalized spacial score (nSPS) is 13.5. The Kier molecular flexibility index (Phi) is 11.7. The molecule has 1 fully saturated rings. The Labute approximate surface area is 255 Å². The van der Waals surface area contributed by atoms with E-state index in [9.17, 15) is 29.4 Å². The van der Waals surface area contributed by atoms with Crippen molar-refractivity contribution in [3.63, 3.8) is 0 Å². The van der Waals surface area contributed by atoms with Crippen molar-refractivity contribution >= 4 is 23.9 Å². The summed E-state index contributed by atoms with van der Waals surface area (Å²) in [5, 5.41) is 22.1. The maximum absolute atomic E-state index is 11.9. The van der Waals surface area contributed by atoms with Crippen molar-refractivity contribution in [3.05, 3.63) is 108 Å². The minimum atomic E-state index is -0.706. The molecule has 0 bridgehead atoms. The molecule has 1 saturated carbocycles. The maximum Gasteiger partial charge on any atom is 0.330 e. The summed E-state index contributed by atoms with van der Waals surface area (Å²) in [6.07, 6.45) is 7.98. The lowest BCUT2D eigenvalue weighted by atomic mass is 9.64. The minimum absolute atomic E-state index is 0.201. The molecular formula is C34H36O10. The second-order valence-corrected chi connectivity index (χ2v) is 10.2. The number of esters is 4. The second-order valence-electron chi connectivity index (χ2n) is 10.2. The van der Waals surface area contributed by atoms with Gasteiger partial charge in [0.15, 0.2) is 0 Å². The smallest absolute Gasteiger partial charge is 0.330 e. The van der Waals surface area contributed by atoms with E-state index in [-0.39, 0.29) is 60.2 Å². The third-order valence-corrected chi connectivity index (χ3v) is 7.49. The van der Waals surface area contributed by atoms with Gasteiger partial charge in [0.2, 0.25) is 0 Å². The third-order valence-electron chi connectivity index (χ3n) is 7.49. The molecule has 0 atom stereocenters. The van der Waals surface area contributed by atoms with Crippen LogP contribution in [0.25, 0.3) is 0 Å². The molecule has 0 unspecified atom stereocenters. The Bertz CT molecular complexity index is 1270. The first-order valence-electron chi connectivity index (χ1n) is 14.0. The predicted octanol–water partition coefficient (Wildman–Crippen LogP) is 5.26. The first-order chi connectivity index (χ1) is 21.1. The van der Waals surface area contributed by atoms with E-state index in [4.69, 9.17) is 18.9 Å². The number of benzene rings is 2. The van der Waals surface area contributed by atoms with Gasteiger partial charge in [-0.2, -0.15) is 0 Å². The van der Waals surface area contributed by atoms with Crippen LogP contribution in [0.4, 0.5) is 0 Å². The molecule has 2 N–H and O–H groups in total. The van der Waals surface area contributed by atoms with Crippen molar-refractivity contribution in [2.24, 2.45) is 0 Å². The molecule has 2 aromatic rings. The zero-order valence-electron chi connectivity index (χ0n) is 24.5. The Balaban J connectivity index is 2.24. The molecule has 1 aliphatic rings. The molecule has 10 nitrogen and oxygen atoms in total. The van der Waals surface area contributed by atoms with Crippen LogP contribution >= 0.6 is 0 Å². The van der Waals surface area contributed by atoms with Gasteiger partial charge in [-0.1, -0.05) is 45.6 Å². The number of carbonyl (C=O) groups excluding carboxylic acids is 4. The number of hydrogen-bond acceptors (Lipinski definition) is 10. The Morgan fingerprint density at radius 2 is 0.841 bits per heavy atom. The van der Waals surface area contributed by atoms with Crippen molar-refractivity contribution in [2.45, 2.75) is 63.9 Å². The molecule has 0 saturated heterocycles. The zero-order chi connectivity index (χ0) is 32.3. The van der Waals surface area contributed by atoms with Crippen molar-refractivity contribution < 1.29 is 48.3 Å². The molecule has 0 spiro atoms. The van der Waals surface area contributed by atoms with E-state index in [1.807, 2.05) is 0 Å². The quantitative estimate of drug-likeness (QED) is 0.166. The van der Waals surface area contributed by atoms with Crippen LogP contribution in [0.2, 0.25) is 0 Å². The van der Waals surface area contributed by atoms with Crippen molar-refractivity contribution in [2.75, 3.05) is 0 Å².